The van der Waals surface area contributed by atoms with E-state index in [4.69, 9.17) is 4.18 Å². The summed E-state index contributed by atoms with van der Waals surface area (Å²) in [5.74, 6) is -1.51. The highest BCUT2D eigenvalue weighted by atomic mass is 32.2. The molecule has 104 valence electrons. The molecule has 0 unspecified atom stereocenters. The molecule has 0 radical (unpaired) electrons. The van der Waals surface area contributed by atoms with Crippen LogP contribution in [0.5, 0.6) is 5.75 Å². The van der Waals surface area contributed by atoms with Crippen molar-refractivity contribution in [3.63, 3.8) is 0 Å². The van der Waals surface area contributed by atoms with Crippen molar-refractivity contribution in [3.8, 4) is 5.75 Å². The Labute approximate surface area is 113 Å². The molecular weight excluding hydrogens is 289 g/mol. The Bertz CT molecular complexity index is 746. The van der Waals surface area contributed by atoms with Crippen molar-refractivity contribution in [2.45, 2.75) is 4.90 Å². The van der Waals surface area contributed by atoms with Gasteiger partial charge >= 0.3 is 15.8 Å². The second kappa shape index (κ2) is 5.25. The van der Waals surface area contributed by atoms with Crippen LogP contribution in [0.1, 0.15) is 0 Å². The van der Waals surface area contributed by atoms with Crippen LogP contribution < -0.4 is 4.18 Å². The Morgan fingerprint density at radius 1 is 1.10 bits per heavy atom. The van der Waals surface area contributed by atoms with Crippen molar-refractivity contribution in [3.05, 3.63) is 64.5 Å². The quantitative estimate of drug-likeness (QED) is 0.491. The minimum atomic E-state index is -4.10. The summed E-state index contributed by atoms with van der Waals surface area (Å²) in [4.78, 5) is 9.44. The second-order valence-corrected chi connectivity index (χ2v) is 5.27. The van der Waals surface area contributed by atoms with Gasteiger partial charge in [0.15, 0.2) is 0 Å². The van der Waals surface area contributed by atoms with E-state index in [9.17, 15) is 22.9 Å². The molecule has 0 saturated heterocycles. The highest BCUT2D eigenvalue weighted by molar-refractivity contribution is 7.87. The van der Waals surface area contributed by atoms with Gasteiger partial charge in [-0.1, -0.05) is 18.2 Å². The summed E-state index contributed by atoms with van der Waals surface area (Å²) in [7, 11) is -4.10. The molecule has 0 aliphatic carbocycles. The maximum absolute atomic E-state index is 13.4. The largest absolute Gasteiger partial charge is 0.379 e. The molecule has 2 aromatic carbocycles. The maximum Gasteiger partial charge on any atom is 0.339 e. The lowest BCUT2D eigenvalue weighted by atomic mass is 10.3. The molecule has 2 aromatic rings. The number of nitro groups is 1. The summed E-state index contributed by atoms with van der Waals surface area (Å²) in [6, 6.07) is 9.78. The number of benzene rings is 2. The molecule has 0 atom stereocenters. The van der Waals surface area contributed by atoms with E-state index in [2.05, 4.69) is 0 Å². The van der Waals surface area contributed by atoms with Gasteiger partial charge in [0, 0.05) is 12.1 Å². The fourth-order valence-corrected chi connectivity index (χ4v) is 2.39. The fraction of sp³-hybridized carbons (Fsp3) is 0. The van der Waals surface area contributed by atoms with Crippen LogP contribution in [-0.2, 0) is 10.1 Å². The topological polar surface area (TPSA) is 86.5 Å². The molecule has 0 bridgehead atoms. The van der Waals surface area contributed by atoms with Gasteiger partial charge < -0.3 is 4.18 Å². The zero-order valence-corrected chi connectivity index (χ0v) is 10.7. The molecule has 0 saturated carbocycles. The van der Waals surface area contributed by atoms with E-state index >= 15 is 0 Å². The number of hydrogen-bond donors (Lipinski definition) is 0. The van der Waals surface area contributed by atoms with Crippen molar-refractivity contribution in [1.29, 1.82) is 0 Å². The van der Waals surface area contributed by atoms with E-state index in [0.717, 1.165) is 12.1 Å². The zero-order chi connectivity index (χ0) is 14.8. The fourth-order valence-electron chi connectivity index (χ4n) is 1.45. The van der Waals surface area contributed by atoms with Gasteiger partial charge in [0.1, 0.15) is 10.6 Å². The minimum absolute atomic E-state index is 0.0984. The second-order valence-electron chi connectivity index (χ2n) is 3.72. The predicted molar refractivity (Wildman–Crippen MR) is 67.3 cm³/mol. The predicted octanol–water partition coefficient (Wildman–Crippen LogP) is 2.50. The van der Waals surface area contributed by atoms with Crippen molar-refractivity contribution in [2.24, 2.45) is 0 Å². The van der Waals surface area contributed by atoms with Crippen LogP contribution >= 0.6 is 0 Å². The number of hydrogen-bond acceptors (Lipinski definition) is 5. The number of halogens is 1. The van der Waals surface area contributed by atoms with Gasteiger partial charge in [0.25, 0.3) is 0 Å². The van der Waals surface area contributed by atoms with Crippen molar-refractivity contribution in [1.82, 2.24) is 0 Å². The van der Waals surface area contributed by atoms with Gasteiger partial charge in [-0.15, -0.1) is 0 Å². The van der Waals surface area contributed by atoms with E-state index in [1.165, 1.54) is 24.3 Å². The summed E-state index contributed by atoms with van der Waals surface area (Å²) in [6.45, 7) is 0. The van der Waals surface area contributed by atoms with Crippen LogP contribution in [-0.4, -0.2) is 13.3 Å². The first-order valence-electron chi connectivity index (χ1n) is 5.33. The summed E-state index contributed by atoms with van der Waals surface area (Å²) >= 11 is 0. The number of rotatable bonds is 4. The summed E-state index contributed by atoms with van der Waals surface area (Å²) in [5.41, 5.74) is -0.755. The molecule has 0 fully saturated rings. The first kappa shape index (κ1) is 13.9. The summed E-state index contributed by atoms with van der Waals surface area (Å²) in [5, 5.41) is 10.4. The Morgan fingerprint density at radius 2 is 1.75 bits per heavy atom. The highest BCUT2D eigenvalue weighted by Crippen LogP contribution is 2.24. The average Bonchev–Trinajstić information content (AvgIpc) is 2.39. The Morgan fingerprint density at radius 3 is 2.30 bits per heavy atom. The molecule has 0 spiro atoms. The zero-order valence-electron chi connectivity index (χ0n) is 9.89. The van der Waals surface area contributed by atoms with Gasteiger partial charge in [-0.2, -0.15) is 12.8 Å². The van der Waals surface area contributed by atoms with Gasteiger partial charge in [-0.3, -0.25) is 10.1 Å². The van der Waals surface area contributed by atoms with E-state index < -0.39 is 26.5 Å². The lowest BCUT2D eigenvalue weighted by molar-refractivity contribution is -0.387. The molecule has 0 aliphatic heterocycles. The van der Waals surface area contributed by atoms with E-state index in [0.29, 0.717) is 6.07 Å². The lowest BCUT2D eigenvalue weighted by Gasteiger charge is -2.06. The molecule has 0 heterocycles. The van der Waals surface area contributed by atoms with Crippen LogP contribution in [0.4, 0.5) is 10.1 Å². The van der Waals surface area contributed by atoms with Gasteiger partial charge in [0.05, 0.1) is 4.92 Å². The van der Waals surface area contributed by atoms with Gasteiger partial charge in [-0.05, 0) is 18.2 Å². The average molecular weight is 297 g/mol. The third-order valence-electron chi connectivity index (χ3n) is 2.35. The smallest absolute Gasteiger partial charge is 0.339 e. The Kier molecular flexibility index (Phi) is 3.66. The Balaban J connectivity index is 2.31. The maximum atomic E-state index is 13.4. The molecule has 8 heteroatoms. The van der Waals surface area contributed by atoms with Crippen molar-refractivity contribution < 1.29 is 21.9 Å². The molecule has 0 amide bonds. The monoisotopic (exact) mass is 297 g/mol. The van der Waals surface area contributed by atoms with Crippen LogP contribution in [0, 0.1) is 15.9 Å². The SMILES string of the molecule is O=[N+]([O-])c1ccc(OS(=O)(=O)c2ccccc2)cc1F. The first-order chi connectivity index (χ1) is 9.40. The van der Waals surface area contributed by atoms with Gasteiger partial charge in [0.2, 0.25) is 5.82 Å². The molecular formula is C12H8FNO5S. The van der Waals surface area contributed by atoms with Crippen molar-refractivity contribution >= 4 is 15.8 Å². The molecule has 6 nitrogen and oxygen atoms in total. The van der Waals surface area contributed by atoms with Crippen LogP contribution in [0.2, 0.25) is 0 Å². The molecule has 0 aliphatic rings. The molecule has 0 aromatic heterocycles. The Hall–Kier alpha value is -2.48. The third kappa shape index (κ3) is 2.91. The van der Waals surface area contributed by atoms with E-state index in [1.54, 1.807) is 6.07 Å². The van der Waals surface area contributed by atoms with Gasteiger partial charge in [-0.25, -0.2) is 0 Å². The molecule has 0 N–H and O–H groups in total. The van der Waals surface area contributed by atoms with Crippen LogP contribution in [0.15, 0.2) is 53.4 Å². The minimum Gasteiger partial charge on any atom is -0.379 e. The van der Waals surface area contributed by atoms with Crippen LogP contribution in [0.3, 0.4) is 0 Å². The summed E-state index contributed by atoms with van der Waals surface area (Å²) in [6.07, 6.45) is 0. The standard InChI is InChI=1S/C12H8FNO5S/c13-11-8-9(6-7-12(11)14(15)16)19-20(17,18)10-4-2-1-3-5-10/h1-8H. The van der Waals surface area contributed by atoms with Crippen molar-refractivity contribution in [2.75, 3.05) is 0 Å². The van der Waals surface area contributed by atoms with Crippen LogP contribution in [0.25, 0.3) is 0 Å². The summed E-state index contributed by atoms with van der Waals surface area (Å²) < 4.78 is 41.8. The number of nitrogens with zero attached hydrogens (tertiary/aromatic N) is 1. The lowest BCUT2D eigenvalue weighted by Crippen LogP contribution is -2.09. The third-order valence-corrected chi connectivity index (χ3v) is 3.62. The van der Waals surface area contributed by atoms with E-state index in [-0.39, 0.29) is 10.6 Å². The normalized spacial score (nSPS) is 11.1. The molecule has 2 rings (SSSR count). The highest BCUT2D eigenvalue weighted by Gasteiger charge is 2.19. The first-order valence-corrected chi connectivity index (χ1v) is 6.74. The number of nitro benzene ring substituents is 1. The molecule has 20 heavy (non-hydrogen) atoms. The van der Waals surface area contributed by atoms with E-state index in [1.807, 2.05) is 0 Å².